The molecule has 0 saturated heterocycles. The second-order valence-electron chi connectivity index (χ2n) is 2.67. The summed E-state index contributed by atoms with van der Waals surface area (Å²) in [5.41, 5.74) is 4.31. The van der Waals surface area contributed by atoms with Crippen LogP contribution in [0, 0.1) is 0 Å². The van der Waals surface area contributed by atoms with Crippen molar-refractivity contribution in [3.05, 3.63) is 53.8 Å². The van der Waals surface area contributed by atoms with E-state index in [1.807, 2.05) is 37.3 Å². The Hall–Kier alpha value is -1.30. The van der Waals surface area contributed by atoms with E-state index in [1.54, 1.807) is 0 Å². The van der Waals surface area contributed by atoms with Gasteiger partial charge in [-0.3, -0.25) is 0 Å². The van der Waals surface area contributed by atoms with Crippen LogP contribution in [0.25, 0.3) is 0 Å². The predicted octanol–water partition coefficient (Wildman–Crippen LogP) is 2.45. The highest BCUT2D eigenvalue weighted by atomic mass is 16.3. The van der Waals surface area contributed by atoms with Crippen LogP contribution < -0.4 is 0 Å². The van der Waals surface area contributed by atoms with Gasteiger partial charge in [0.1, 0.15) is 6.10 Å². The summed E-state index contributed by atoms with van der Waals surface area (Å²) in [7, 11) is 0. The fraction of sp³-hybridized carbons (Fsp3) is 0.182. The molecule has 1 N–H and O–H groups in total. The molecule has 0 saturated carbocycles. The van der Waals surface area contributed by atoms with E-state index in [0.717, 1.165) is 11.1 Å². The largest absolute Gasteiger partial charge is 0.383 e. The summed E-state index contributed by atoms with van der Waals surface area (Å²) in [5.74, 6) is 0. The molecule has 0 aromatic heterocycles. The lowest BCUT2D eigenvalue weighted by Crippen LogP contribution is -1.96. The van der Waals surface area contributed by atoms with Gasteiger partial charge in [0.05, 0.1) is 0 Å². The summed E-state index contributed by atoms with van der Waals surface area (Å²) in [5, 5.41) is 9.65. The Morgan fingerprint density at radius 3 is 2.50 bits per heavy atom. The van der Waals surface area contributed by atoms with Crippen molar-refractivity contribution < 1.29 is 5.11 Å². The molecule has 0 spiro atoms. The molecule has 1 rings (SSSR count). The van der Waals surface area contributed by atoms with Gasteiger partial charge in [0.2, 0.25) is 0 Å². The van der Waals surface area contributed by atoms with Crippen LogP contribution in [0.4, 0.5) is 0 Å². The fourth-order valence-corrected chi connectivity index (χ4v) is 0.982. The third-order valence-corrected chi connectivity index (χ3v) is 1.80. The predicted molar refractivity (Wildman–Crippen MR) is 49.7 cm³/mol. The van der Waals surface area contributed by atoms with Crippen LogP contribution in [-0.4, -0.2) is 5.11 Å². The van der Waals surface area contributed by atoms with Crippen LogP contribution >= 0.6 is 0 Å². The molecule has 0 aliphatic heterocycles. The molecule has 0 bridgehead atoms. The molecule has 1 nitrogen and oxygen atoms in total. The quantitative estimate of drug-likeness (QED) is 0.659. The Balaban J connectivity index is 2.93. The first-order chi connectivity index (χ1) is 5.75. The zero-order chi connectivity index (χ0) is 8.97. The van der Waals surface area contributed by atoms with Crippen molar-refractivity contribution in [3.8, 4) is 0 Å². The highest BCUT2D eigenvalue weighted by molar-refractivity contribution is 5.24. The van der Waals surface area contributed by atoms with Gasteiger partial charge in [-0.2, -0.15) is 0 Å². The molecule has 1 atom stereocenters. The van der Waals surface area contributed by atoms with E-state index in [-0.39, 0.29) is 0 Å². The van der Waals surface area contributed by atoms with Crippen molar-refractivity contribution in [2.24, 2.45) is 0 Å². The maximum Gasteiger partial charge on any atom is 0.107 e. The van der Waals surface area contributed by atoms with Crippen molar-refractivity contribution >= 4 is 0 Å². The van der Waals surface area contributed by atoms with E-state index in [1.165, 1.54) is 0 Å². The SMILES string of the molecule is C=C=C(C)C(O)c1ccccc1. The maximum absolute atomic E-state index is 9.65. The highest BCUT2D eigenvalue weighted by Gasteiger charge is 2.06. The lowest BCUT2D eigenvalue weighted by atomic mass is 10.0. The monoisotopic (exact) mass is 160 g/mol. The molecule has 1 heteroatoms. The number of hydrogen-bond donors (Lipinski definition) is 1. The van der Waals surface area contributed by atoms with Gasteiger partial charge in [0.25, 0.3) is 0 Å². The zero-order valence-corrected chi connectivity index (χ0v) is 7.12. The summed E-state index contributed by atoms with van der Waals surface area (Å²) in [6.45, 7) is 5.30. The number of aliphatic hydroxyl groups is 1. The molecule has 0 radical (unpaired) electrons. The molecular weight excluding hydrogens is 148 g/mol. The minimum atomic E-state index is -0.566. The minimum absolute atomic E-state index is 0.566. The highest BCUT2D eigenvalue weighted by Crippen LogP contribution is 2.18. The topological polar surface area (TPSA) is 20.2 Å². The van der Waals surface area contributed by atoms with E-state index in [2.05, 4.69) is 12.3 Å². The summed E-state index contributed by atoms with van der Waals surface area (Å²) in [4.78, 5) is 0. The summed E-state index contributed by atoms with van der Waals surface area (Å²) in [6, 6.07) is 9.48. The lowest BCUT2D eigenvalue weighted by Gasteiger charge is -2.08. The van der Waals surface area contributed by atoms with Crippen LogP contribution in [0.2, 0.25) is 0 Å². The van der Waals surface area contributed by atoms with Gasteiger partial charge in [-0.1, -0.05) is 36.9 Å². The molecule has 0 aliphatic rings. The Morgan fingerprint density at radius 2 is 2.00 bits per heavy atom. The molecular formula is C11H12O. The van der Waals surface area contributed by atoms with Crippen LogP contribution in [0.3, 0.4) is 0 Å². The Bertz CT molecular complexity index is 294. The second-order valence-corrected chi connectivity index (χ2v) is 2.67. The van der Waals surface area contributed by atoms with Gasteiger partial charge in [0.15, 0.2) is 0 Å². The first-order valence-electron chi connectivity index (χ1n) is 3.85. The van der Waals surface area contributed by atoms with Gasteiger partial charge in [-0.05, 0) is 12.5 Å². The molecule has 1 aromatic rings. The summed E-state index contributed by atoms with van der Waals surface area (Å²) in [6.07, 6.45) is -0.566. The van der Waals surface area contributed by atoms with Crippen LogP contribution in [0.1, 0.15) is 18.6 Å². The molecule has 1 unspecified atom stereocenters. The Labute approximate surface area is 72.7 Å². The smallest absolute Gasteiger partial charge is 0.107 e. The second kappa shape index (κ2) is 3.91. The van der Waals surface area contributed by atoms with E-state index >= 15 is 0 Å². The van der Waals surface area contributed by atoms with E-state index in [4.69, 9.17) is 0 Å². The van der Waals surface area contributed by atoms with Gasteiger partial charge in [0, 0.05) is 5.57 Å². The minimum Gasteiger partial charge on any atom is -0.383 e. The first-order valence-corrected chi connectivity index (χ1v) is 3.85. The van der Waals surface area contributed by atoms with Crippen molar-refractivity contribution in [2.75, 3.05) is 0 Å². The molecule has 0 fully saturated rings. The Morgan fingerprint density at radius 1 is 1.42 bits per heavy atom. The standard InChI is InChI=1S/C11H12O/c1-3-9(2)11(12)10-7-5-4-6-8-10/h4-8,11-12H,1H2,2H3. The third kappa shape index (κ3) is 1.85. The number of benzene rings is 1. The first kappa shape index (κ1) is 8.79. The number of rotatable bonds is 2. The van der Waals surface area contributed by atoms with Crippen molar-refractivity contribution in [1.29, 1.82) is 0 Å². The van der Waals surface area contributed by atoms with Crippen molar-refractivity contribution in [1.82, 2.24) is 0 Å². The normalized spacial score (nSPS) is 11.8. The summed E-state index contributed by atoms with van der Waals surface area (Å²) < 4.78 is 0. The van der Waals surface area contributed by atoms with Crippen LogP contribution in [0.15, 0.2) is 48.2 Å². The molecule has 0 heterocycles. The maximum atomic E-state index is 9.65. The molecule has 12 heavy (non-hydrogen) atoms. The number of hydrogen-bond acceptors (Lipinski definition) is 1. The average molecular weight is 160 g/mol. The van der Waals surface area contributed by atoms with Gasteiger partial charge >= 0.3 is 0 Å². The van der Waals surface area contributed by atoms with Gasteiger partial charge in [-0.15, -0.1) is 5.73 Å². The van der Waals surface area contributed by atoms with Crippen LogP contribution in [0.5, 0.6) is 0 Å². The molecule has 62 valence electrons. The molecule has 0 amide bonds. The molecule has 1 aromatic carbocycles. The van der Waals surface area contributed by atoms with E-state index in [0.29, 0.717) is 0 Å². The van der Waals surface area contributed by atoms with Crippen molar-refractivity contribution in [2.45, 2.75) is 13.0 Å². The summed E-state index contributed by atoms with van der Waals surface area (Å²) >= 11 is 0. The fourth-order valence-electron chi connectivity index (χ4n) is 0.982. The van der Waals surface area contributed by atoms with Gasteiger partial charge in [-0.25, -0.2) is 0 Å². The third-order valence-electron chi connectivity index (χ3n) is 1.80. The van der Waals surface area contributed by atoms with E-state index in [9.17, 15) is 5.11 Å². The lowest BCUT2D eigenvalue weighted by molar-refractivity contribution is 0.216. The van der Waals surface area contributed by atoms with Gasteiger partial charge < -0.3 is 5.11 Å². The van der Waals surface area contributed by atoms with Crippen molar-refractivity contribution in [3.63, 3.8) is 0 Å². The van der Waals surface area contributed by atoms with E-state index < -0.39 is 6.10 Å². The van der Waals surface area contributed by atoms with Crippen LogP contribution in [-0.2, 0) is 0 Å². The molecule has 0 aliphatic carbocycles. The average Bonchev–Trinajstić information content (AvgIpc) is 2.17. The zero-order valence-electron chi connectivity index (χ0n) is 7.12. The Kier molecular flexibility index (Phi) is 2.87. The number of aliphatic hydroxyl groups excluding tert-OH is 1.